The molecule has 1 atom stereocenters. The standard InChI is InChI=1S/C11H12FN5/c1-7-3-15-11(16-4-7)10(17-13)8-2-9(12)6-14-5-8/h2-6,10,17H,13H2,1H3. The van der Waals surface area contributed by atoms with E-state index in [0.717, 1.165) is 11.8 Å². The Bertz CT molecular complexity index is 499. The van der Waals surface area contributed by atoms with Crippen molar-refractivity contribution in [3.8, 4) is 0 Å². The summed E-state index contributed by atoms with van der Waals surface area (Å²) in [5, 5.41) is 0. The molecule has 0 saturated heterocycles. The first-order valence-corrected chi connectivity index (χ1v) is 5.06. The quantitative estimate of drug-likeness (QED) is 0.607. The minimum Gasteiger partial charge on any atom is -0.270 e. The zero-order chi connectivity index (χ0) is 12.3. The zero-order valence-electron chi connectivity index (χ0n) is 9.26. The molecular formula is C11H12FN5. The van der Waals surface area contributed by atoms with Crippen LogP contribution in [0.5, 0.6) is 0 Å². The summed E-state index contributed by atoms with van der Waals surface area (Å²) < 4.78 is 13.1. The van der Waals surface area contributed by atoms with Crippen LogP contribution < -0.4 is 11.3 Å². The molecule has 5 nitrogen and oxygen atoms in total. The Kier molecular flexibility index (Phi) is 3.36. The normalized spacial score (nSPS) is 12.4. The van der Waals surface area contributed by atoms with Gasteiger partial charge in [-0.15, -0.1) is 0 Å². The van der Waals surface area contributed by atoms with Gasteiger partial charge in [-0.3, -0.25) is 10.8 Å². The van der Waals surface area contributed by atoms with Gasteiger partial charge in [-0.2, -0.15) is 0 Å². The fourth-order valence-electron chi connectivity index (χ4n) is 1.46. The van der Waals surface area contributed by atoms with Crippen molar-refractivity contribution in [2.24, 2.45) is 5.84 Å². The monoisotopic (exact) mass is 233 g/mol. The minimum atomic E-state index is -0.473. The van der Waals surface area contributed by atoms with Gasteiger partial charge in [-0.05, 0) is 24.1 Å². The maximum atomic E-state index is 13.1. The van der Waals surface area contributed by atoms with E-state index in [1.54, 1.807) is 12.4 Å². The Morgan fingerprint density at radius 2 is 1.94 bits per heavy atom. The Hall–Kier alpha value is -1.92. The van der Waals surface area contributed by atoms with E-state index in [2.05, 4.69) is 20.4 Å². The summed E-state index contributed by atoms with van der Waals surface area (Å²) >= 11 is 0. The first-order valence-electron chi connectivity index (χ1n) is 5.06. The molecule has 17 heavy (non-hydrogen) atoms. The summed E-state index contributed by atoms with van der Waals surface area (Å²) in [6, 6.07) is 0.875. The van der Waals surface area contributed by atoms with Gasteiger partial charge in [0.05, 0.1) is 6.20 Å². The summed E-state index contributed by atoms with van der Waals surface area (Å²) in [6.45, 7) is 1.89. The molecule has 0 aromatic carbocycles. The lowest BCUT2D eigenvalue weighted by Gasteiger charge is -2.14. The summed E-state index contributed by atoms with van der Waals surface area (Å²) in [5.41, 5.74) is 4.08. The summed E-state index contributed by atoms with van der Waals surface area (Å²) in [5.74, 6) is 5.50. The van der Waals surface area contributed by atoms with Crippen molar-refractivity contribution in [3.63, 3.8) is 0 Å². The molecule has 1 unspecified atom stereocenters. The molecule has 88 valence electrons. The van der Waals surface area contributed by atoms with Crippen molar-refractivity contribution in [2.45, 2.75) is 13.0 Å². The molecule has 0 aliphatic heterocycles. The molecule has 6 heteroatoms. The highest BCUT2D eigenvalue weighted by molar-refractivity contribution is 5.22. The van der Waals surface area contributed by atoms with Gasteiger partial charge in [0.15, 0.2) is 5.82 Å². The van der Waals surface area contributed by atoms with Gasteiger partial charge in [-0.25, -0.2) is 19.8 Å². The maximum Gasteiger partial charge on any atom is 0.150 e. The van der Waals surface area contributed by atoms with Crippen molar-refractivity contribution in [3.05, 3.63) is 53.6 Å². The lowest BCUT2D eigenvalue weighted by atomic mass is 10.1. The van der Waals surface area contributed by atoms with Crippen LogP contribution in [0.1, 0.15) is 23.0 Å². The molecule has 0 spiro atoms. The number of nitrogens with two attached hydrogens (primary N) is 1. The van der Waals surface area contributed by atoms with E-state index in [4.69, 9.17) is 5.84 Å². The molecule has 0 bridgehead atoms. The average molecular weight is 233 g/mol. The first-order chi connectivity index (χ1) is 8.20. The second-order valence-corrected chi connectivity index (χ2v) is 3.65. The lowest BCUT2D eigenvalue weighted by molar-refractivity contribution is 0.580. The topological polar surface area (TPSA) is 76.7 Å². The Morgan fingerprint density at radius 3 is 2.53 bits per heavy atom. The zero-order valence-corrected chi connectivity index (χ0v) is 9.26. The van der Waals surface area contributed by atoms with E-state index in [1.807, 2.05) is 6.92 Å². The molecule has 2 aromatic heterocycles. The van der Waals surface area contributed by atoms with E-state index in [0.29, 0.717) is 11.4 Å². The number of rotatable bonds is 3. The van der Waals surface area contributed by atoms with Crippen LogP contribution in [-0.4, -0.2) is 15.0 Å². The van der Waals surface area contributed by atoms with Crippen molar-refractivity contribution in [2.75, 3.05) is 0 Å². The molecule has 0 fully saturated rings. The summed E-state index contributed by atoms with van der Waals surface area (Å²) in [7, 11) is 0. The van der Waals surface area contributed by atoms with Crippen LogP contribution in [0.25, 0.3) is 0 Å². The second-order valence-electron chi connectivity index (χ2n) is 3.65. The smallest absolute Gasteiger partial charge is 0.150 e. The molecule has 3 N–H and O–H groups in total. The van der Waals surface area contributed by atoms with Gasteiger partial charge in [0.1, 0.15) is 11.9 Å². The maximum absolute atomic E-state index is 13.1. The van der Waals surface area contributed by atoms with Gasteiger partial charge in [0, 0.05) is 18.6 Å². The third-order valence-electron chi connectivity index (χ3n) is 2.29. The van der Waals surface area contributed by atoms with E-state index in [-0.39, 0.29) is 0 Å². The van der Waals surface area contributed by atoms with Crippen molar-refractivity contribution >= 4 is 0 Å². The predicted molar refractivity (Wildman–Crippen MR) is 60.1 cm³/mol. The van der Waals surface area contributed by atoms with Crippen LogP contribution >= 0.6 is 0 Å². The molecule has 0 amide bonds. The molecule has 0 saturated carbocycles. The number of nitrogens with one attached hydrogen (secondary N) is 1. The number of nitrogens with zero attached hydrogens (tertiary/aromatic N) is 3. The second kappa shape index (κ2) is 4.94. The van der Waals surface area contributed by atoms with Crippen LogP contribution in [0, 0.1) is 12.7 Å². The van der Waals surface area contributed by atoms with E-state index < -0.39 is 11.9 Å². The number of hydrazine groups is 1. The molecular weight excluding hydrogens is 221 g/mol. The van der Waals surface area contributed by atoms with E-state index >= 15 is 0 Å². The Morgan fingerprint density at radius 1 is 1.24 bits per heavy atom. The molecule has 0 radical (unpaired) electrons. The molecule has 2 aromatic rings. The number of aromatic nitrogens is 3. The van der Waals surface area contributed by atoms with Crippen LogP contribution in [0.4, 0.5) is 4.39 Å². The number of hydrogen-bond acceptors (Lipinski definition) is 5. The van der Waals surface area contributed by atoms with Crippen molar-refractivity contribution in [1.29, 1.82) is 0 Å². The van der Waals surface area contributed by atoms with Crippen molar-refractivity contribution in [1.82, 2.24) is 20.4 Å². The number of hydrogen-bond donors (Lipinski definition) is 2. The molecule has 0 aliphatic rings. The van der Waals surface area contributed by atoms with Gasteiger partial charge >= 0.3 is 0 Å². The number of aryl methyl sites for hydroxylation is 1. The van der Waals surface area contributed by atoms with Gasteiger partial charge in [-0.1, -0.05) is 0 Å². The fourth-order valence-corrected chi connectivity index (χ4v) is 1.46. The SMILES string of the molecule is Cc1cnc(C(NN)c2cncc(F)c2)nc1. The van der Waals surface area contributed by atoms with Crippen LogP contribution in [0.3, 0.4) is 0 Å². The fraction of sp³-hybridized carbons (Fsp3) is 0.182. The van der Waals surface area contributed by atoms with Gasteiger partial charge < -0.3 is 0 Å². The van der Waals surface area contributed by atoms with Gasteiger partial charge in [0.25, 0.3) is 0 Å². The highest BCUT2D eigenvalue weighted by Crippen LogP contribution is 2.17. The largest absolute Gasteiger partial charge is 0.270 e. The molecule has 0 aliphatic carbocycles. The van der Waals surface area contributed by atoms with E-state index in [1.165, 1.54) is 12.3 Å². The lowest BCUT2D eigenvalue weighted by Crippen LogP contribution is -2.30. The first kappa shape index (κ1) is 11.6. The number of halogens is 1. The third kappa shape index (κ3) is 2.61. The Balaban J connectivity index is 2.36. The predicted octanol–water partition coefficient (Wildman–Crippen LogP) is 0.872. The van der Waals surface area contributed by atoms with Crippen LogP contribution in [0.2, 0.25) is 0 Å². The summed E-state index contributed by atoms with van der Waals surface area (Å²) in [6.07, 6.45) is 6.02. The summed E-state index contributed by atoms with van der Waals surface area (Å²) in [4.78, 5) is 12.1. The van der Waals surface area contributed by atoms with Crippen LogP contribution in [0.15, 0.2) is 30.9 Å². The van der Waals surface area contributed by atoms with Crippen molar-refractivity contribution < 1.29 is 4.39 Å². The third-order valence-corrected chi connectivity index (χ3v) is 2.29. The Labute approximate surface area is 97.9 Å². The number of pyridine rings is 1. The average Bonchev–Trinajstić information content (AvgIpc) is 2.33. The molecule has 2 rings (SSSR count). The minimum absolute atomic E-state index is 0.421. The van der Waals surface area contributed by atoms with E-state index in [9.17, 15) is 4.39 Å². The van der Waals surface area contributed by atoms with Crippen LogP contribution in [-0.2, 0) is 0 Å². The highest BCUT2D eigenvalue weighted by Gasteiger charge is 2.16. The highest BCUT2D eigenvalue weighted by atomic mass is 19.1. The molecule has 2 heterocycles. The van der Waals surface area contributed by atoms with Gasteiger partial charge in [0.2, 0.25) is 0 Å².